The highest BCUT2D eigenvalue weighted by Crippen LogP contribution is 2.28. The lowest BCUT2D eigenvalue weighted by molar-refractivity contribution is 0.177. The molecule has 1 atom stereocenters. The number of nitrogens with zero attached hydrogens (tertiary/aromatic N) is 2. The smallest absolute Gasteiger partial charge is 0.173 e. The fourth-order valence-corrected chi connectivity index (χ4v) is 4.23. The number of benzene rings is 1. The first-order chi connectivity index (χ1) is 14.0. The van der Waals surface area contributed by atoms with Crippen molar-refractivity contribution in [2.24, 2.45) is 5.92 Å². The van der Waals surface area contributed by atoms with Gasteiger partial charge in [0.2, 0.25) is 0 Å². The van der Waals surface area contributed by atoms with Crippen molar-refractivity contribution in [2.45, 2.75) is 32.7 Å². The maximum Gasteiger partial charge on any atom is 0.173 e. The molecule has 7 heteroatoms. The van der Waals surface area contributed by atoms with Gasteiger partial charge in [0, 0.05) is 18.1 Å². The van der Waals surface area contributed by atoms with E-state index in [1.54, 1.807) is 19.4 Å². The molecule has 3 rings (SSSR count). The molecule has 1 saturated heterocycles. The van der Waals surface area contributed by atoms with E-state index in [9.17, 15) is 0 Å². The molecule has 5 nitrogen and oxygen atoms in total. The fraction of sp³-hybridized carbons (Fsp3) is 0.500. The van der Waals surface area contributed by atoms with Gasteiger partial charge in [0.25, 0.3) is 0 Å². The number of furan rings is 1. The first-order valence-corrected chi connectivity index (χ1v) is 11.0. The van der Waals surface area contributed by atoms with Gasteiger partial charge < -0.3 is 24.3 Å². The molecule has 1 aromatic heterocycles. The highest BCUT2D eigenvalue weighted by molar-refractivity contribution is 7.80. The first-order valence-electron chi connectivity index (χ1n) is 10.2. The lowest BCUT2D eigenvalue weighted by atomic mass is 10.0. The summed E-state index contributed by atoms with van der Waals surface area (Å²) in [7, 11) is 1.64. The molecular formula is C22H30ClN3O2S. The average Bonchev–Trinajstić information content (AvgIpc) is 3.20. The van der Waals surface area contributed by atoms with Gasteiger partial charge in [-0.15, -0.1) is 0 Å². The number of likely N-dealkylation sites (tertiary alicyclic amines) is 1. The van der Waals surface area contributed by atoms with Crippen LogP contribution in [0.4, 0.5) is 5.69 Å². The number of methoxy groups -OCH3 is 1. The van der Waals surface area contributed by atoms with Crippen LogP contribution in [0, 0.1) is 5.92 Å². The zero-order valence-electron chi connectivity index (χ0n) is 17.2. The zero-order chi connectivity index (χ0) is 20.6. The summed E-state index contributed by atoms with van der Waals surface area (Å²) in [5, 5.41) is 4.57. The van der Waals surface area contributed by atoms with Crippen LogP contribution in [0.25, 0.3) is 0 Å². The third-order valence-corrected chi connectivity index (χ3v) is 5.86. The summed E-state index contributed by atoms with van der Waals surface area (Å²) in [6, 6.07) is 9.34. The molecule has 1 aliphatic rings. The minimum Gasteiger partial charge on any atom is -0.495 e. The van der Waals surface area contributed by atoms with Crippen molar-refractivity contribution in [3.8, 4) is 5.75 Å². The Morgan fingerprint density at radius 2 is 2.28 bits per heavy atom. The summed E-state index contributed by atoms with van der Waals surface area (Å²) in [6.07, 6.45) is 5.38. The molecule has 1 aromatic carbocycles. The second kappa shape index (κ2) is 10.9. The van der Waals surface area contributed by atoms with Crippen LogP contribution in [-0.2, 0) is 6.54 Å². The van der Waals surface area contributed by atoms with E-state index in [2.05, 4.69) is 22.0 Å². The van der Waals surface area contributed by atoms with E-state index in [-0.39, 0.29) is 0 Å². The fourth-order valence-electron chi connectivity index (χ4n) is 3.79. The van der Waals surface area contributed by atoms with Crippen LogP contribution >= 0.6 is 23.8 Å². The number of thiocarbonyl (C=S) groups is 1. The van der Waals surface area contributed by atoms with Crippen molar-refractivity contribution < 1.29 is 9.15 Å². The number of halogens is 1. The Kier molecular flexibility index (Phi) is 8.21. The molecule has 1 N–H and O–H groups in total. The molecule has 1 fully saturated rings. The molecule has 2 aromatic rings. The molecule has 2 heterocycles. The molecule has 0 saturated carbocycles. The normalized spacial score (nSPS) is 17.1. The van der Waals surface area contributed by atoms with E-state index < -0.39 is 0 Å². The summed E-state index contributed by atoms with van der Waals surface area (Å²) in [5.41, 5.74) is 0.763. The molecule has 0 aliphatic carbocycles. The Hall–Kier alpha value is -1.76. The Morgan fingerprint density at radius 1 is 1.41 bits per heavy atom. The van der Waals surface area contributed by atoms with Crippen molar-refractivity contribution >= 4 is 34.6 Å². The summed E-state index contributed by atoms with van der Waals surface area (Å²) in [5.74, 6) is 2.39. The number of piperidine rings is 1. The maximum absolute atomic E-state index is 6.16. The third kappa shape index (κ3) is 6.63. The summed E-state index contributed by atoms with van der Waals surface area (Å²) < 4.78 is 11.0. The maximum atomic E-state index is 6.16. The van der Waals surface area contributed by atoms with Crippen LogP contribution in [0.5, 0.6) is 5.75 Å². The van der Waals surface area contributed by atoms with E-state index in [0.29, 0.717) is 22.4 Å². The van der Waals surface area contributed by atoms with E-state index in [1.807, 2.05) is 24.3 Å². The molecule has 0 radical (unpaired) electrons. The van der Waals surface area contributed by atoms with Gasteiger partial charge in [-0.3, -0.25) is 0 Å². The van der Waals surface area contributed by atoms with Gasteiger partial charge >= 0.3 is 0 Å². The Balaban J connectivity index is 1.63. The van der Waals surface area contributed by atoms with Gasteiger partial charge in [0.15, 0.2) is 5.11 Å². The van der Waals surface area contributed by atoms with E-state index in [0.717, 1.165) is 36.9 Å². The number of ether oxygens (including phenoxy) is 1. The van der Waals surface area contributed by atoms with Crippen molar-refractivity contribution in [3.63, 3.8) is 0 Å². The lowest BCUT2D eigenvalue weighted by Crippen LogP contribution is -2.39. The summed E-state index contributed by atoms with van der Waals surface area (Å²) in [4.78, 5) is 4.71. The summed E-state index contributed by atoms with van der Waals surface area (Å²) >= 11 is 11.9. The average molecular weight is 436 g/mol. The van der Waals surface area contributed by atoms with Gasteiger partial charge in [0.05, 0.1) is 25.6 Å². The van der Waals surface area contributed by atoms with Crippen molar-refractivity contribution in [3.05, 3.63) is 47.4 Å². The standard InChI is InChI=1S/C22H30ClN3O2S/c1-17-6-3-10-25(15-17)11-5-12-26(16-19-7-4-13-28-19)22(29)24-20-14-18(23)8-9-21(20)27-2/h4,7-9,13-14,17H,3,5-6,10-12,15-16H2,1-2H3,(H,24,29)/t17-/m1/s1. The molecule has 1 aliphatic heterocycles. The quantitative estimate of drug-likeness (QED) is 0.570. The lowest BCUT2D eigenvalue weighted by Gasteiger charge is -2.32. The SMILES string of the molecule is COc1ccc(Cl)cc1NC(=S)N(CCCN1CCC[C@@H](C)C1)Cc1ccco1. The monoisotopic (exact) mass is 435 g/mol. The Labute approximate surface area is 184 Å². The van der Waals surface area contributed by atoms with Gasteiger partial charge in [-0.25, -0.2) is 0 Å². The van der Waals surface area contributed by atoms with E-state index in [1.165, 1.54) is 25.9 Å². The largest absolute Gasteiger partial charge is 0.495 e. The van der Waals surface area contributed by atoms with Crippen LogP contribution in [0.3, 0.4) is 0 Å². The van der Waals surface area contributed by atoms with Crippen molar-refractivity contribution in [1.82, 2.24) is 9.80 Å². The van der Waals surface area contributed by atoms with Crippen LogP contribution in [0.2, 0.25) is 5.02 Å². The first kappa shape index (κ1) is 21.9. The van der Waals surface area contributed by atoms with Crippen molar-refractivity contribution in [1.29, 1.82) is 0 Å². The minimum atomic E-state index is 0.623. The van der Waals surface area contributed by atoms with Crippen LogP contribution in [0.15, 0.2) is 41.0 Å². The molecule has 0 unspecified atom stereocenters. The zero-order valence-corrected chi connectivity index (χ0v) is 18.8. The van der Waals surface area contributed by atoms with Crippen LogP contribution in [-0.4, -0.2) is 48.2 Å². The topological polar surface area (TPSA) is 40.9 Å². The van der Waals surface area contributed by atoms with Crippen molar-refractivity contribution in [2.75, 3.05) is 38.6 Å². The number of hydrogen-bond donors (Lipinski definition) is 1. The van der Waals surface area contributed by atoms with Gasteiger partial charge in [-0.05, 0) is 80.8 Å². The predicted octanol–water partition coefficient (Wildman–Crippen LogP) is 5.26. The molecule has 0 bridgehead atoms. The Bertz CT molecular complexity index is 784. The van der Waals surface area contributed by atoms with E-state index in [4.69, 9.17) is 33.0 Å². The van der Waals surface area contributed by atoms with Gasteiger partial charge in [-0.2, -0.15) is 0 Å². The molecular weight excluding hydrogens is 406 g/mol. The predicted molar refractivity (Wildman–Crippen MR) is 123 cm³/mol. The number of rotatable bonds is 8. The molecule has 29 heavy (non-hydrogen) atoms. The number of nitrogens with one attached hydrogen (secondary N) is 1. The van der Waals surface area contributed by atoms with Gasteiger partial charge in [0.1, 0.15) is 11.5 Å². The van der Waals surface area contributed by atoms with Gasteiger partial charge in [-0.1, -0.05) is 18.5 Å². The number of hydrogen-bond acceptors (Lipinski definition) is 4. The second-order valence-electron chi connectivity index (χ2n) is 7.68. The number of anilines is 1. The highest BCUT2D eigenvalue weighted by atomic mass is 35.5. The second-order valence-corrected chi connectivity index (χ2v) is 8.50. The summed E-state index contributed by atoms with van der Waals surface area (Å²) in [6.45, 7) is 7.29. The van der Waals surface area contributed by atoms with E-state index >= 15 is 0 Å². The van der Waals surface area contributed by atoms with Crippen LogP contribution < -0.4 is 10.1 Å². The molecule has 0 amide bonds. The highest BCUT2D eigenvalue weighted by Gasteiger charge is 2.18. The Morgan fingerprint density at radius 3 is 3.00 bits per heavy atom. The molecule has 158 valence electrons. The third-order valence-electron chi connectivity index (χ3n) is 5.26. The minimum absolute atomic E-state index is 0.623. The molecule has 0 spiro atoms. The van der Waals surface area contributed by atoms with Crippen LogP contribution in [0.1, 0.15) is 31.9 Å².